The number of benzene rings is 1. The minimum absolute atomic E-state index is 0.162. The van der Waals surface area contributed by atoms with Crippen LogP contribution in [0.15, 0.2) is 36.4 Å². The van der Waals surface area contributed by atoms with Crippen LogP contribution in [0.2, 0.25) is 5.02 Å². The third-order valence-electron chi connectivity index (χ3n) is 3.56. The minimum Gasteiger partial charge on any atom is -0.462 e. The molecule has 0 radical (unpaired) electrons. The maximum Gasteiger partial charge on any atom is 0.339 e. The first-order valence-corrected chi connectivity index (χ1v) is 9.23. The Morgan fingerprint density at radius 3 is 2.67 bits per heavy atom. The largest absolute Gasteiger partial charge is 0.462 e. The number of aryl methyl sites for hydroxylation is 1. The number of carbonyl (C=O) groups is 2. The van der Waals surface area contributed by atoms with E-state index in [2.05, 4.69) is 20.5 Å². The van der Waals surface area contributed by atoms with E-state index in [-0.39, 0.29) is 12.3 Å². The van der Waals surface area contributed by atoms with Crippen LogP contribution >= 0.6 is 22.9 Å². The van der Waals surface area contributed by atoms with Crippen LogP contribution in [0.5, 0.6) is 0 Å². The van der Waals surface area contributed by atoms with Crippen LogP contribution < -0.4 is 5.32 Å². The zero-order valence-electron chi connectivity index (χ0n) is 14.5. The van der Waals surface area contributed by atoms with E-state index < -0.39 is 11.9 Å². The highest BCUT2D eigenvalue weighted by atomic mass is 35.5. The van der Waals surface area contributed by atoms with Crippen molar-refractivity contribution in [2.75, 3.05) is 11.9 Å². The number of nitrogens with one attached hydrogen (secondary N) is 1. The smallest absolute Gasteiger partial charge is 0.339 e. The first-order valence-electron chi connectivity index (χ1n) is 8.04. The normalized spacial score (nSPS) is 10.5. The maximum absolute atomic E-state index is 12.4. The number of pyridine rings is 1. The Balaban J connectivity index is 1.75. The summed E-state index contributed by atoms with van der Waals surface area (Å²) in [7, 11) is 0. The van der Waals surface area contributed by atoms with Gasteiger partial charge in [-0.2, -0.15) is 0 Å². The number of aromatic nitrogens is 3. The fourth-order valence-electron chi connectivity index (χ4n) is 2.29. The van der Waals surface area contributed by atoms with Crippen molar-refractivity contribution in [2.24, 2.45) is 0 Å². The predicted octanol–water partition coefficient (Wildman–Crippen LogP) is 3.99. The number of carbonyl (C=O) groups excluding carboxylic acids is 2. The van der Waals surface area contributed by atoms with Crippen LogP contribution in [-0.4, -0.2) is 33.7 Å². The first-order chi connectivity index (χ1) is 13.0. The van der Waals surface area contributed by atoms with Gasteiger partial charge in [0.05, 0.1) is 22.9 Å². The highest BCUT2D eigenvalue weighted by Gasteiger charge is 2.17. The Labute approximate surface area is 164 Å². The summed E-state index contributed by atoms with van der Waals surface area (Å²) < 4.78 is 4.95. The molecule has 1 amide bonds. The molecule has 0 saturated heterocycles. The highest BCUT2D eigenvalue weighted by Crippen LogP contribution is 2.31. The Morgan fingerprint density at radius 1 is 1.19 bits per heavy atom. The van der Waals surface area contributed by atoms with E-state index in [0.717, 1.165) is 5.56 Å². The summed E-state index contributed by atoms with van der Waals surface area (Å²) in [6.45, 7) is 3.64. The van der Waals surface area contributed by atoms with Crippen molar-refractivity contribution < 1.29 is 14.3 Å². The number of anilines is 1. The van der Waals surface area contributed by atoms with Gasteiger partial charge in [0.15, 0.2) is 5.01 Å². The molecule has 0 bridgehead atoms. The standard InChI is InChI=1S/C18H15ClN4O3S/c1-3-26-17(25)11-8-9-14(20-10(11)2)15(24)21-18-23-22-16(27-18)12-6-4-5-7-13(12)19/h4-9H,3H2,1-2H3,(H,21,23,24). The molecule has 0 atom stereocenters. The number of hydrogen-bond acceptors (Lipinski definition) is 7. The summed E-state index contributed by atoms with van der Waals surface area (Å²) in [4.78, 5) is 28.4. The number of rotatable bonds is 5. The van der Waals surface area contributed by atoms with E-state index in [4.69, 9.17) is 16.3 Å². The average Bonchev–Trinajstić information content (AvgIpc) is 3.10. The molecule has 0 spiro atoms. The molecule has 0 unspecified atom stereocenters. The van der Waals surface area contributed by atoms with Crippen molar-refractivity contribution in [3.8, 4) is 10.6 Å². The lowest BCUT2D eigenvalue weighted by Gasteiger charge is -2.06. The molecule has 27 heavy (non-hydrogen) atoms. The molecule has 3 aromatic rings. The number of hydrogen-bond donors (Lipinski definition) is 1. The van der Waals surface area contributed by atoms with Crippen molar-refractivity contribution >= 4 is 39.9 Å². The van der Waals surface area contributed by atoms with Gasteiger partial charge in [0.2, 0.25) is 5.13 Å². The van der Waals surface area contributed by atoms with Crippen LogP contribution in [0, 0.1) is 6.92 Å². The van der Waals surface area contributed by atoms with Crippen LogP contribution in [-0.2, 0) is 4.74 Å². The van der Waals surface area contributed by atoms with Crippen molar-refractivity contribution in [1.29, 1.82) is 0 Å². The Morgan fingerprint density at radius 2 is 1.96 bits per heavy atom. The Hall–Kier alpha value is -2.84. The zero-order valence-corrected chi connectivity index (χ0v) is 16.1. The van der Waals surface area contributed by atoms with Crippen LogP contribution in [0.25, 0.3) is 10.6 Å². The third-order valence-corrected chi connectivity index (χ3v) is 4.77. The molecule has 2 aromatic heterocycles. The van der Waals surface area contributed by atoms with E-state index in [0.29, 0.717) is 26.4 Å². The molecular formula is C18H15ClN4O3S. The Kier molecular flexibility index (Phi) is 5.78. The van der Waals surface area contributed by atoms with Crippen LogP contribution in [0.1, 0.15) is 33.5 Å². The molecule has 1 aromatic carbocycles. The van der Waals surface area contributed by atoms with Crippen molar-refractivity contribution in [2.45, 2.75) is 13.8 Å². The second-order valence-corrected chi connectivity index (χ2v) is 6.78. The molecule has 0 fully saturated rings. The predicted molar refractivity (Wildman–Crippen MR) is 103 cm³/mol. The molecule has 3 rings (SSSR count). The van der Waals surface area contributed by atoms with Crippen LogP contribution in [0.4, 0.5) is 5.13 Å². The number of ether oxygens (including phenoxy) is 1. The van der Waals surface area contributed by atoms with Crippen molar-refractivity contribution in [3.63, 3.8) is 0 Å². The molecule has 9 heteroatoms. The van der Waals surface area contributed by atoms with Gasteiger partial charge in [-0.1, -0.05) is 41.1 Å². The average molecular weight is 403 g/mol. The molecule has 1 N–H and O–H groups in total. The third kappa shape index (κ3) is 4.29. The topological polar surface area (TPSA) is 94.1 Å². The summed E-state index contributed by atoms with van der Waals surface area (Å²) in [5, 5.41) is 12.2. The quantitative estimate of drug-likeness (QED) is 0.648. The van der Waals surface area contributed by atoms with Gasteiger partial charge in [-0.15, -0.1) is 10.2 Å². The second-order valence-electron chi connectivity index (χ2n) is 5.40. The molecule has 138 valence electrons. The molecule has 2 heterocycles. The van der Waals surface area contributed by atoms with Gasteiger partial charge >= 0.3 is 5.97 Å². The van der Waals surface area contributed by atoms with Gasteiger partial charge in [-0.3, -0.25) is 10.1 Å². The van der Waals surface area contributed by atoms with Crippen molar-refractivity contribution in [1.82, 2.24) is 15.2 Å². The first kappa shape index (κ1) is 18.9. The molecule has 0 aliphatic rings. The number of amides is 1. The molecule has 0 aliphatic heterocycles. The zero-order chi connectivity index (χ0) is 19.4. The highest BCUT2D eigenvalue weighted by molar-refractivity contribution is 7.18. The lowest BCUT2D eigenvalue weighted by molar-refractivity contribution is 0.0524. The second kappa shape index (κ2) is 8.24. The van der Waals surface area contributed by atoms with Gasteiger partial charge < -0.3 is 4.74 Å². The summed E-state index contributed by atoms with van der Waals surface area (Å²) in [5.41, 5.74) is 1.64. The maximum atomic E-state index is 12.4. The van der Waals surface area contributed by atoms with E-state index in [9.17, 15) is 9.59 Å². The van der Waals surface area contributed by atoms with Gasteiger partial charge in [0.1, 0.15) is 5.69 Å². The van der Waals surface area contributed by atoms with E-state index in [1.165, 1.54) is 23.5 Å². The fourth-order valence-corrected chi connectivity index (χ4v) is 3.35. The van der Waals surface area contributed by atoms with Gasteiger partial charge in [-0.25, -0.2) is 9.78 Å². The van der Waals surface area contributed by atoms with Gasteiger partial charge in [0, 0.05) is 5.56 Å². The van der Waals surface area contributed by atoms with Gasteiger partial charge in [-0.05, 0) is 32.0 Å². The molecular weight excluding hydrogens is 388 g/mol. The fraction of sp³-hybridized carbons (Fsp3) is 0.167. The van der Waals surface area contributed by atoms with E-state index >= 15 is 0 Å². The Bertz CT molecular complexity index is 1010. The number of halogens is 1. The SMILES string of the molecule is CCOC(=O)c1ccc(C(=O)Nc2nnc(-c3ccccc3Cl)s2)nc1C. The van der Waals surface area contributed by atoms with E-state index in [1.807, 2.05) is 18.2 Å². The lowest BCUT2D eigenvalue weighted by Crippen LogP contribution is -2.16. The van der Waals surface area contributed by atoms with E-state index in [1.54, 1.807) is 19.9 Å². The van der Waals surface area contributed by atoms with Crippen molar-refractivity contribution in [3.05, 3.63) is 58.4 Å². The van der Waals surface area contributed by atoms with Crippen LogP contribution in [0.3, 0.4) is 0 Å². The lowest BCUT2D eigenvalue weighted by atomic mass is 10.2. The summed E-state index contributed by atoms with van der Waals surface area (Å²) in [6.07, 6.45) is 0. The number of esters is 1. The summed E-state index contributed by atoms with van der Waals surface area (Å²) in [6, 6.07) is 10.2. The number of nitrogens with zero attached hydrogens (tertiary/aromatic N) is 3. The van der Waals surface area contributed by atoms with Gasteiger partial charge in [0.25, 0.3) is 5.91 Å². The summed E-state index contributed by atoms with van der Waals surface area (Å²) >= 11 is 7.36. The molecule has 0 aliphatic carbocycles. The minimum atomic E-state index is -0.469. The molecule has 0 saturated carbocycles. The monoisotopic (exact) mass is 402 g/mol. The summed E-state index contributed by atoms with van der Waals surface area (Å²) in [5.74, 6) is -0.918. The molecule has 7 nitrogen and oxygen atoms in total.